The van der Waals surface area contributed by atoms with Gasteiger partial charge in [0.1, 0.15) is 12.3 Å². The molecule has 0 spiro atoms. The summed E-state index contributed by atoms with van der Waals surface area (Å²) in [6.45, 7) is 0.666. The molecule has 4 aromatic rings. The first kappa shape index (κ1) is 39.3. The fourth-order valence-electron chi connectivity index (χ4n) is 7.41. The summed E-state index contributed by atoms with van der Waals surface area (Å²) < 4.78 is 0. The predicted molar refractivity (Wildman–Crippen MR) is 213 cm³/mol. The van der Waals surface area contributed by atoms with E-state index in [1.807, 2.05) is 97.1 Å². The maximum atomic E-state index is 14.7. The smallest absolute Gasteiger partial charge is 0.246 e. The van der Waals surface area contributed by atoms with Gasteiger partial charge in [0.25, 0.3) is 0 Å². The molecule has 2 aliphatic rings. The number of carbonyl (C=O) groups is 6. The summed E-state index contributed by atoms with van der Waals surface area (Å²) >= 11 is 0. The summed E-state index contributed by atoms with van der Waals surface area (Å²) in [5.41, 5.74) is 4.14. The number of piperidine rings is 1. The fraction of sp³-hybridized carbons (Fsp3) is 0.289. The molecule has 2 aliphatic heterocycles. The molecule has 11 heteroatoms. The van der Waals surface area contributed by atoms with Gasteiger partial charge in [-0.2, -0.15) is 0 Å². The highest BCUT2D eigenvalue weighted by Gasteiger charge is 2.44. The normalized spacial score (nSPS) is 22.1. The Kier molecular flexibility index (Phi) is 13.2. The van der Waals surface area contributed by atoms with Gasteiger partial charge >= 0.3 is 0 Å². The van der Waals surface area contributed by atoms with Gasteiger partial charge in [0.05, 0.1) is 17.9 Å². The third kappa shape index (κ3) is 10.4. The van der Waals surface area contributed by atoms with Gasteiger partial charge in [0.2, 0.25) is 29.5 Å². The second-order valence-corrected chi connectivity index (χ2v) is 14.5. The van der Waals surface area contributed by atoms with Crippen LogP contribution in [-0.2, 0) is 54.6 Å². The molecule has 4 N–H and O–H groups in total. The molecule has 288 valence electrons. The van der Waals surface area contributed by atoms with Crippen LogP contribution in [-0.4, -0.2) is 72.4 Å². The number of amides is 5. The number of hydrogen-bond donors (Lipinski definition) is 4. The zero-order chi connectivity index (χ0) is 39.3. The van der Waals surface area contributed by atoms with Crippen LogP contribution < -0.4 is 21.3 Å². The number of carbonyl (C=O) groups excluding carboxylic acids is 6. The lowest BCUT2D eigenvalue weighted by atomic mass is 9.74. The molecule has 1 fully saturated rings. The molecule has 0 aliphatic carbocycles. The third-order valence-corrected chi connectivity index (χ3v) is 10.4. The van der Waals surface area contributed by atoms with Gasteiger partial charge in [-0.3, -0.25) is 24.0 Å². The van der Waals surface area contributed by atoms with E-state index in [0.29, 0.717) is 43.2 Å². The van der Waals surface area contributed by atoms with E-state index >= 15 is 0 Å². The number of fused-ring (bicyclic) bond motifs is 3. The van der Waals surface area contributed by atoms with E-state index in [2.05, 4.69) is 21.3 Å². The minimum Gasteiger partial charge on any atom is -0.352 e. The summed E-state index contributed by atoms with van der Waals surface area (Å²) in [6, 6.07) is 32.9. The van der Waals surface area contributed by atoms with Crippen molar-refractivity contribution in [2.45, 2.75) is 57.2 Å². The van der Waals surface area contributed by atoms with Crippen molar-refractivity contribution in [2.24, 2.45) is 5.41 Å². The molecule has 3 atom stereocenters. The Morgan fingerprint density at radius 2 is 1.39 bits per heavy atom. The van der Waals surface area contributed by atoms with Crippen molar-refractivity contribution in [3.05, 3.63) is 144 Å². The van der Waals surface area contributed by atoms with E-state index in [1.54, 1.807) is 17.0 Å². The average Bonchev–Trinajstić information content (AvgIpc) is 3.22. The van der Waals surface area contributed by atoms with Gasteiger partial charge in [-0.05, 0) is 59.1 Å². The van der Waals surface area contributed by atoms with Crippen molar-refractivity contribution in [2.75, 3.05) is 19.6 Å². The molecule has 3 unspecified atom stereocenters. The molecular formula is C45H47N5O6. The van der Waals surface area contributed by atoms with Crippen LogP contribution in [0.5, 0.6) is 0 Å². The van der Waals surface area contributed by atoms with Gasteiger partial charge in [-0.1, -0.05) is 109 Å². The zero-order valence-electron chi connectivity index (χ0n) is 31.2. The maximum absolute atomic E-state index is 14.7. The molecule has 2 bridgehead atoms. The van der Waals surface area contributed by atoms with Crippen molar-refractivity contribution >= 4 is 35.8 Å². The number of rotatable bonds is 6. The Morgan fingerprint density at radius 1 is 0.714 bits per heavy atom. The van der Waals surface area contributed by atoms with Gasteiger partial charge in [0, 0.05) is 44.8 Å². The Labute approximate surface area is 326 Å². The number of nitrogens with one attached hydrogen (secondary N) is 4. The van der Waals surface area contributed by atoms with E-state index in [-0.39, 0.29) is 44.8 Å². The van der Waals surface area contributed by atoms with Crippen LogP contribution in [0.25, 0.3) is 11.1 Å². The molecule has 56 heavy (non-hydrogen) atoms. The van der Waals surface area contributed by atoms with Crippen LogP contribution in [0.15, 0.2) is 121 Å². The Bertz CT molecular complexity index is 2050. The number of nitrogens with zero attached hydrogens (tertiary/aromatic N) is 1. The standard InChI is InChI=1S/C45H47N5O6/c51-30-38-22-24-46-40(52)20-21-42(54)50-25-9-23-45(31-50,28-33-10-3-1-4-11-33)44(56)49-39(26-32-16-18-35(19-17-32)34-12-5-2-6-13-34)43(55)47-29-37-15-8-7-14-36(37)27-41(53)48-38/h1-8,10-21,30,38-39H,9,22-29,31H2,(H,46,52)(H,47,55)(H,48,53)(H,49,56)/b21-20+. The monoisotopic (exact) mass is 753 g/mol. The molecule has 5 amide bonds. The third-order valence-electron chi connectivity index (χ3n) is 10.4. The van der Waals surface area contributed by atoms with Gasteiger partial charge in [-0.15, -0.1) is 0 Å². The van der Waals surface area contributed by atoms with Crippen LogP contribution in [0.3, 0.4) is 0 Å². The average molecular weight is 754 g/mol. The van der Waals surface area contributed by atoms with Crippen LogP contribution in [0.2, 0.25) is 0 Å². The highest BCUT2D eigenvalue weighted by molar-refractivity contribution is 5.97. The largest absolute Gasteiger partial charge is 0.352 e. The number of benzene rings is 4. The SMILES string of the molecule is O=CC1CCNC(=O)/C=C/C(=O)N2CCCC(Cc3ccccc3)(C2)C(=O)NC(Cc2ccc(-c3ccccc3)cc2)C(=O)NCc2ccccc2CC(=O)N1. The first-order chi connectivity index (χ1) is 27.2. The summed E-state index contributed by atoms with van der Waals surface area (Å²) in [7, 11) is 0. The lowest BCUT2D eigenvalue weighted by Gasteiger charge is -2.42. The lowest BCUT2D eigenvalue weighted by molar-refractivity contribution is -0.141. The molecule has 6 rings (SSSR count). The molecule has 11 nitrogen and oxygen atoms in total. The van der Waals surface area contributed by atoms with E-state index in [0.717, 1.165) is 28.3 Å². The highest BCUT2D eigenvalue weighted by Crippen LogP contribution is 2.35. The van der Waals surface area contributed by atoms with Gasteiger partial charge in [0.15, 0.2) is 0 Å². The second-order valence-electron chi connectivity index (χ2n) is 14.5. The van der Waals surface area contributed by atoms with Crippen LogP contribution in [0, 0.1) is 5.41 Å². The van der Waals surface area contributed by atoms with Crippen molar-refractivity contribution in [1.82, 2.24) is 26.2 Å². The van der Waals surface area contributed by atoms with Crippen molar-refractivity contribution in [1.29, 1.82) is 0 Å². The van der Waals surface area contributed by atoms with E-state index in [9.17, 15) is 28.8 Å². The summed E-state index contributed by atoms with van der Waals surface area (Å²) in [4.78, 5) is 81.6. The van der Waals surface area contributed by atoms with Crippen molar-refractivity contribution in [3.63, 3.8) is 0 Å². The van der Waals surface area contributed by atoms with Crippen molar-refractivity contribution < 1.29 is 28.8 Å². The minimum atomic E-state index is -1.07. The zero-order valence-corrected chi connectivity index (χ0v) is 31.2. The second kappa shape index (κ2) is 18.8. The molecule has 2 heterocycles. The summed E-state index contributed by atoms with van der Waals surface area (Å²) in [5, 5.41) is 11.5. The molecule has 4 aromatic carbocycles. The Balaban J connectivity index is 1.33. The van der Waals surface area contributed by atoms with Crippen LogP contribution in [0.4, 0.5) is 0 Å². The van der Waals surface area contributed by atoms with Gasteiger partial charge < -0.3 is 31.0 Å². The molecular weight excluding hydrogens is 707 g/mol. The molecule has 0 aromatic heterocycles. The topological polar surface area (TPSA) is 154 Å². The quantitative estimate of drug-likeness (QED) is 0.220. The minimum absolute atomic E-state index is 0.0416. The van der Waals surface area contributed by atoms with E-state index in [1.165, 1.54) is 6.08 Å². The molecule has 0 radical (unpaired) electrons. The molecule has 0 saturated carbocycles. The Hall–Kier alpha value is -6.36. The Morgan fingerprint density at radius 3 is 2.12 bits per heavy atom. The molecule has 1 saturated heterocycles. The van der Waals surface area contributed by atoms with Gasteiger partial charge in [-0.25, -0.2) is 0 Å². The van der Waals surface area contributed by atoms with E-state index in [4.69, 9.17) is 0 Å². The summed E-state index contributed by atoms with van der Waals surface area (Å²) in [5.74, 6) is -2.09. The summed E-state index contributed by atoms with van der Waals surface area (Å²) in [6.07, 6.45) is 4.61. The fourth-order valence-corrected chi connectivity index (χ4v) is 7.41. The van der Waals surface area contributed by atoms with Crippen LogP contribution >= 0.6 is 0 Å². The first-order valence-electron chi connectivity index (χ1n) is 19.0. The van der Waals surface area contributed by atoms with Crippen LogP contribution in [0.1, 0.15) is 41.5 Å². The number of aldehydes is 1. The maximum Gasteiger partial charge on any atom is 0.246 e. The van der Waals surface area contributed by atoms with Crippen molar-refractivity contribution in [3.8, 4) is 11.1 Å². The highest BCUT2D eigenvalue weighted by atomic mass is 16.2. The lowest BCUT2D eigenvalue weighted by Crippen LogP contribution is -2.58. The predicted octanol–water partition coefficient (Wildman–Crippen LogP) is 3.85. The number of hydrogen-bond acceptors (Lipinski definition) is 6. The van der Waals surface area contributed by atoms with E-state index < -0.39 is 41.1 Å². The first-order valence-corrected chi connectivity index (χ1v) is 19.0.